The number of hydrogen-bond donors (Lipinski definition) is 0. The van der Waals surface area contributed by atoms with Gasteiger partial charge in [-0.15, -0.1) is 0 Å². The van der Waals surface area contributed by atoms with Gasteiger partial charge in [-0.3, -0.25) is 9.69 Å². The minimum Gasteiger partial charge on any atom is -0.304 e. The van der Waals surface area contributed by atoms with E-state index in [1.807, 2.05) is 75.1 Å². The van der Waals surface area contributed by atoms with Crippen LogP contribution in [0.25, 0.3) is 0 Å². The van der Waals surface area contributed by atoms with Crippen molar-refractivity contribution in [3.8, 4) is 0 Å². The summed E-state index contributed by atoms with van der Waals surface area (Å²) in [6.07, 6.45) is 0. The van der Waals surface area contributed by atoms with Crippen LogP contribution in [0.5, 0.6) is 0 Å². The summed E-state index contributed by atoms with van der Waals surface area (Å²) in [7, 11) is 0. The molecule has 1 heterocycles. The van der Waals surface area contributed by atoms with Crippen molar-refractivity contribution < 1.29 is 4.79 Å². The second kappa shape index (κ2) is 5.71. The monoisotopic (exact) mass is 338 g/mol. The molecule has 3 rings (SSSR count). The van der Waals surface area contributed by atoms with E-state index in [2.05, 4.69) is 6.92 Å². The fraction of sp³-hybridized carbons (Fsp3) is 0.300. The lowest BCUT2D eigenvalue weighted by Crippen LogP contribution is -2.44. The van der Waals surface area contributed by atoms with E-state index in [1.165, 1.54) is 11.1 Å². The molecule has 1 amide bonds. The average Bonchev–Trinajstić information content (AvgIpc) is 2.70. The van der Waals surface area contributed by atoms with Crippen LogP contribution in [0.15, 0.2) is 42.5 Å². The number of anilines is 2. The Hall–Kier alpha value is -2.20. The van der Waals surface area contributed by atoms with Crippen LogP contribution in [0.3, 0.4) is 0 Å². The van der Waals surface area contributed by atoms with E-state index in [0.717, 1.165) is 16.9 Å². The topological polar surface area (TPSA) is 23.6 Å². The maximum absolute atomic E-state index is 13.1. The number of hydrogen-bond acceptors (Lipinski definition) is 2. The molecular formula is C20H22N2OS. The van der Waals surface area contributed by atoms with Gasteiger partial charge in [-0.1, -0.05) is 23.8 Å². The van der Waals surface area contributed by atoms with Crippen molar-refractivity contribution in [2.45, 2.75) is 40.2 Å². The maximum atomic E-state index is 13.1. The van der Waals surface area contributed by atoms with Crippen LogP contribution < -0.4 is 9.80 Å². The molecule has 0 N–H and O–H groups in total. The van der Waals surface area contributed by atoms with Crippen LogP contribution in [-0.4, -0.2) is 16.6 Å². The third-order valence-electron chi connectivity index (χ3n) is 4.71. The smallest absolute Gasteiger partial charge is 0.259 e. The molecule has 3 nitrogen and oxygen atoms in total. The summed E-state index contributed by atoms with van der Waals surface area (Å²) < 4.78 is 0. The summed E-state index contributed by atoms with van der Waals surface area (Å²) in [6.45, 7) is 9.99. The standard InChI is InChI=1S/C20H22N2OS/c1-13-6-9-16(10-7-13)22-19(24)21(18(23)20(22,4)5)17-11-8-14(2)15(3)12-17/h6-12H,1-5H3. The quantitative estimate of drug-likeness (QED) is 0.752. The lowest BCUT2D eigenvalue weighted by molar-refractivity contribution is -0.120. The first-order valence-corrected chi connectivity index (χ1v) is 8.47. The largest absolute Gasteiger partial charge is 0.304 e. The molecule has 1 saturated heterocycles. The Morgan fingerprint density at radius 1 is 0.875 bits per heavy atom. The first-order chi connectivity index (χ1) is 11.2. The molecule has 0 unspecified atom stereocenters. The minimum atomic E-state index is -0.717. The molecule has 4 heteroatoms. The number of thiocarbonyl (C=S) groups is 1. The number of nitrogens with zero attached hydrogens (tertiary/aromatic N) is 2. The SMILES string of the molecule is Cc1ccc(N2C(=S)N(c3ccc(C)c(C)c3)C(=O)C2(C)C)cc1. The Bertz CT molecular complexity index is 824. The molecule has 124 valence electrons. The van der Waals surface area contributed by atoms with Crippen LogP contribution in [-0.2, 0) is 4.79 Å². The number of carbonyl (C=O) groups is 1. The van der Waals surface area contributed by atoms with Crippen LogP contribution in [0.2, 0.25) is 0 Å². The highest BCUT2D eigenvalue weighted by Gasteiger charge is 2.50. The normalized spacial score (nSPS) is 16.9. The summed E-state index contributed by atoms with van der Waals surface area (Å²) in [5.74, 6) is -0.00340. The number of carbonyl (C=O) groups excluding carboxylic acids is 1. The Morgan fingerprint density at radius 3 is 2.04 bits per heavy atom. The van der Waals surface area contributed by atoms with Crippen LogP contribution in [0.1, 0.15) is 30.5 Å². The highest BCUT2D eigenvalue weighted by atomic mass is 32.1. The molecule has 2 aromatic rings. The number of aryl methyl sites for hydroxylation is 3. The zero-order valence-electron chi connectivity index (χ0n) is 14.8. The van der Waals surface area contributed by atoms with E-state index in [9.17, 15) is 4.79 Å². The molecule has 0 radical (unpaired) electrons. The molecule has 1 fully saturated rings. The van der Waals surface area contributed by atoms with Crippen molar-refractivity contribution in [1.82, 2.24) is 0 Å². The van der Waals surface area contributed by atoms with E-state index in [-0.39, 0.29) is 5.91 Å². The second-order valence-electron chi connectivity index (χ2n) is 6.92. The van der Waals surface area contributed by atoms with Gasteiger partial charge in [0.2, 0.25) is 0 Å². The summed E-state index contributed by atoms with van der Waals surface area (Å²) in [4.78, 5) is 16.7. The van der Waals surface area contributed by atoms with E-state index in [1.54, 1.807) is 4.90 Å². The van der Waals surface area contributed by atoms with Crippen molar-refractivity contribution in [2.24, 2.45) is 0 Å². The fourth-order valence-corrected chi connectivity index (χ4v) is 3.54. The molecule has 1 aliphatic rings. The van der Waals surface area contributed by atoms with Crippen LogP contribution in [0, 0.1) is 20.8 Å². The van der Waals surface area contributed by atoms with Crippen LogP contribution >= 0.6 is 12.2 Å². The second-order valence-corrected chi connectivity index (χ2v) is 7.29. The first-order valence-electron chi connectivity index (χ1n) is 8.06. The van der Waals surface area contributed by atoms with Gasteiger partial charge in [0.15, 0.2) is 5.11 Å². The lowest BCUT2D eigenvalue weighted by atomic mass is 10.0. The molecule has 0 bridgehead atoms. The zero-order chi connectivity index (χ0) is 17.6. The van der Waals surface area contributed by atoms with Crippen molar-refractivity contribution in [1.29, 1.82) is 0 Å². The van der Waals surface area contributed by atoms with Gasteiger partial charge in [0.05, 0.1) is 5.69 Å². The van der Waals surface area contributed by atoms with Gasteiger partial charge in [-0.25, -0.2) is 0 Å². The van der Waals surface area contributed by atoms with Gasteiger partial charge in [0, 0.05) is 5.69 Å². The van der Waals surface area contributed by atoms with Crippen molar-refractivity contribution in [3.05, 3.63) is 59.2 Å². The minimum absolute atomic E-state index is 0.00340. The van der Waals surface area contributed by atoms with Gasteiger partial charge in [0.1, 0.15) is 5.54 Å². The van der Waals surface area contributed by atoms with E-state index < -0.39 is 5.54 Å². The summed E-state index contributed by atoms with van der Waals surface area (Å²) in [5, 5.41) is 0.525. The number of rotatable bonds is 2. The third kappa shape index (κ3) is 2.51. The Balaban J connectivity index is 2.07. The summed E-state index contributed by atoms with van der Waals surface area (Å²) in [5.41, 5.74) is 4.58. The van der Waals surface area contributed by atoms with Crippen molar-refractivity contribution >= 4 is 34.6 Å². The van der Waals surface area contributed by atoms with Gasteiger partial charge in [0.25, 0.3) is 5.91 Å². The fourth-order valence-electron chi connectivity index (χ4n) is 3.01. The highest BCUT2D eigenvalue weighted by molar-refractivity contribution is 7.81. The summed E-state index contributed by atoms with van der Waals surface area (Å²) in [6, 6.07) is 14.1. The van der Waals surface area contributed by atoms with E-state index in [0.29, 0.717) is 5.11 Å². The Morgan fingerprint density at radius 2 is 1.46 bits per heavy atom. The predicted octanol–water partition coefficient (Wildman–Crippen LogP) is 4.53. The summed E-state index contributed by atoms with van der Waals surface area (Å²) >= 11 is 5.69. The lowest BCUT2D eigenvalue weighted by Gasteiger charge is -2.29. The van der Waals surface area contributed by atoms with Crippen LogP contribution in [0.4, 0.5) is 11.4 Å². The van der Waals surface area contributed by atoms with Gasteiger partial charge >= 0.3 is 0 Å². The Kier molecular flexibility index (Phi) is 3.96. The van der Waals surface area contributed by atoms with Gasteiger partial charge < -0.3 is 4.90 Å². The molecule has 0 aromatic heterocycles. The molecule has 0 spiro atoms. The van der Waals surface area contributed by atoms with Crippen molar-refractivity contribution in [3.63, 3.8) is 0 Å². The molecule has 0 aliphatic carbocycles. The molecule has 24 heavy (non-hydrogen) atoms. The molecule has 1 aliphatic heterocycles. The zero-order valence-corrected chi connectivity index (χ0v) is 15.6. The van der Waals surface area contributed by atoms with Gasteiger partial charge in [-0.2, -0.15) is 0 Å². The third-order valence-corrected chi connectivity index (χ3v) is 5.07. The van der Waals surface area contributed by atoms with Crippen molar-refractivity contribution in [2.75, 3.05) is 9.80 Å². The Labute approximate surface area is 148 Å². The average molecular weight is 338 g/mol. The first kappa shape index (κ1) is 16.7. The number of benzene rings is 2. The van der Waals surface area contributed by atoms with E-state index in [4.69, 9.17) is 12.2 Å². The molecular weight excluding hydrogens is 316 g/mol. The van der Waals surface area contributed by atoms with E-state index >= 15 is 0 Å². The van der Waals surface area contributed by atoms with Gasteiger partial charge in [-0.05, 0) is 82.2 Å². The number of amides is 1. The molecule has 0 saturated carbocycles. The maximum Gasteiger partial charge on any atom is 0.259 e. The molecule has 0 atom stereocenters. The predicted molar refractivity (Wildman–Crippen MR) is 104 cm³/mol. The highest BCUT2D eigenvalue weighted by Crippen LogP contribution is 2.36. The molecule has 2 aromatic carbocycles.